The smallest absolute Gasteiger partial charge is 0.168 e. The fourth-order valence-corrected chi connectivity index (χ4v) is 2.08. The Morgan fingerprint density at radius 3 is 2.35 bits per heavy atom. The third-order valence-corrected chi connectivity index (χ3v) is 3.14. The van der Waals surface area contributed by atoms with Crippen LogP contribution in [0.5, 0.6) is 0 Å². The maximum absolute atomic E-state index is 12.7. The van der Waals surface area contributed by atoms with Gasteiger partial charge in [-0.3, -0.25) is 4.79 Å². The van der Waals surface area contributed by atoms with E-state index in [0.717, 1.165) is 10.0 Å². The number of hydrogen-bond acceptors (Lipinski definition) is 1. The van der Waals surface area contributed by atoms with Gasteiger partial charge in [0.1, 0.15) is 5.82 Å². The van der Waals surface area contributed by atoms with E-state index in [9.17, 15) is 9.18 Å². The van der Waals surface area contributed by atoms with Crippen molar-refractivity contribution < 1.29 is 9.18 Å². The lowest BCUT2D eigenvalue weighted by Gasteiger charge is -2.03. The third-order valence-electron chi connectivity index (χ3n) is 2.45. The van der Waals surface area contributed by atoms with Gasteiger partial charge in [0, 0.05) is 16.5 Å². The minimum Gasteiger partial charge on any atom is -0.294 e. The molecule has 0 bridgehead atoms. The van der Waals surface area contributed by atoms with Gasteiger partial charge in [0.05, 0.1) is 0 Å². The molecule has 0 spiro atoms. The first-order valence-electron chi connectivity index (χ1n) is 5.19. The van der Waals surface area contributed by atoms with Crippen LogP contribution in [0.25, 0.3) is 0 Å². The molecule has 0 atom stereocenters. The maximum Gasteiger partial charge on any atom is 0.168 e. The summed E-state index contributed by atoms with van der Waals surface area (Å²) in [5.74, 6) is -0.272. The van der Waals surface area contributed by atoms with Crippen molar-refractivity contribution in [3.8, 4) is 0 Å². The van der Waals surface area contributed by atoms with Crippen molar-refractivity contribution in [2.24, 2.45) is 0 Å². The third kappa shape index (κ3) is 3.01. The Morgan fingerprint density at radius 1 is 1.06 bits per heavy atom. The van der Waals surface area contributed by atoms with Crippen LogP contribution in [0.4, 0.5) is 4.39 Å². The minimum atomic E-state index is -0.290. The Bertz CT molecular complexity index is 534. The lowest BCUT2D eigenvalue weighted by Crippen LogP contribution is -2.04. The van der Waals surface area contributed by atoms with Crippen LogP contribution < -0.4 is 0 Å². The first-order chi connectivity index (χ1) is 8.16. The van der Waals surface area contributed by atoms with Crippen LogP contribution in [0.15, 0.2) is 53.0 Å². The molecule has 0 N–H and O–H groups in total. The van der Waals surface area contributed by atoms with Crippen molar-refractivity contribution >= 4 is 21.7 Å². The summed E-state index contributed by atoms with van der Waals surface area (Å²) < 4.78 is 13.5. The minimum absolute atomic E-state index is 0.0177. The van der Waals surface area contributed by atoms with Crippen LogP contribution in [-0.2, 0) is 6.42 Å². The quantitative estimate of drug-likeness (QED) is 0.781. The van der Waals surface area contributed by atoms with Crippen molar-refractivity contribution in [1.82, 2.24) is 0 Å². The summed E-state index contributed by atoms with van der Waals surface area (Å²) in [6.07, 6.45) is 0.281. The summed E-state index contributed by atoms with van der Waals surface area (Å²) >= 11 is 3.34. The van der Waals surface area contributed by atoms with Gasteiger partial charge in [0.2, 0.25) is 0 Å². The first-order valence-corrected chi connectivity index (χ1v) is 5.98. The molecule has 0 radical (unpaired) electrons. The van der Waals surface area contributed by atoms with E-state index in [1.54, 1.807) is 18.2 Å². The molecule has 1 nitrogen and oxygen atoms in total. The number of halogens is 2. The Hall–Kier alpha value is -1.48. The Balaban J connectivity index is 2.17. The molecular formula is C14H10BrFO. The van der Waals surface area contributed by atoms with E-state index in [4.69, 9.17) is 0 Å². The van der Waals surface area contributed by atoms with Crippen LogP contribution in [0, 0.1) is 5.82 Å². The molecule has 0 aliphatic rings. The number of benzene rings is 2. The Labute approximate surface area is 107 Å². The van der Waals surface area contributed by atoms with Gasteiger partial charge in [-0.05, 0) is 23.8 Å². The fourth-order valence-electron chi connectivity index (χ4n) is 1.57. The average molecular weight is 293 g/mol. The van der Waals surface area contributed by atoms with Crippen molar-refractivity contribution in [3.05, 3.63) is 69.9 Å². The highest BCUT2D eigenvalue weighted by atomic mass is 79.9. The lowest BCUT2D eigenvalue weighted by molar-refractivity contribution is 0.0992. The number of carbonyl (C=O) groups excluding carboxylic acids is 1. The Morgan fingerprint density at radius 2 is 1.71 bits per heavy atom. The van der Waals surface area contributed by atoms with Gasteiger partial charge < -0.3 is 0 Å². The van der Waals surface area contributed by atoms with E-state index in [1.807, 2.05) is 18.2 Å². The van der Waals surface area contributed by atoms with Crippen molar-refractivity contribution in [1.29, 1.82) is 0 Å². The van der Waals surface area contributed by atoms with Crippen LogP contribution in [-0.4, -0.2) is 5.78 Å². The summed E-state index contributed by atoms with van der Waals surface area (Å²) in [5.41, 5.74) is 1.46. The number of hydrogen-bond donors (Lipinski definition) is 0. The summed E-state index contributed by atoms with van der Waals surface area (Å²) in [6.45, 7) is 0. The molecule has 17 heavy (non-hydrogen) atoms. The highest BCUT2D eigenvalue weighted by Crippen LogP contribution is 2.18. The van der Waals surface area contributed by atoms with E-state index in [-0.39, 0.29) is 18.0 Å². The number of ketones is 1. The molecule has 0 saturated carbocycles. The fraction of sp³-hybridized carbons (Fsp3) is 0.0714. The van der Waals surface area contributed by atoms with Gasteiger partial charge in [0.15, 0.2) is 5.78 Å². The van der Waals surface area contributed by atoms with Gasteiger partial charge in [-0.1, -0.05) is 46.3 Å². The summed E-state index contributed by atoms with van der Waals surface area (Å²) in [7, 11) is 0. The summed E-state index contributed by atoms with van der Waals surface area (Å²) in [4.78, 5) is 12.0. The zero-order valence-corrected chi connectivity index (χ0v) is 10.6. The SMILES string of the molecule is O=C(Cc1ccc(F)cc1)c1ccccc1Br. The molecule has 2 aromatic rings. The first kappa shape index (κ1) is 12.0. The lowest BCUT2D eigenvalue weighted by atomic mass is 10.0. The molecule has 0 aliphatic carbocycles. The largest absolute Gasteiger partial charge is 0.294 e. The average Bonchev–Trinajstić information content (AvgIpc) is 2.32. The van der Waals surface area contributed by atoms with Gasteiger partial charge in [-0.2, -0.15) is 0 Å². The van der Waals surface area contributed by atoms with Crippen molar-refractivity contribution in [2.75, 3.05) is 0 Å². The van der Waals surface area contributed by atoms with E-state index in [1.165, 1.54) is 12.1 Å². The molecule has 0 fully saturated rings. The van der Waals surface area contributed by atoms with Gasteiger partial charge >= 0.3 is 0 Å². The van der Waals surface area contributed by atoms with Crippen LogP contribution in [0.1, 0.15) is 15.9 Å². The van der Waals surface area contributed by atoms with E-state index < -0.39 is 0 Å². The predicted octanol–water partition coefficient (Wildman–Crippen LogP) is 4.01. The maximum atomic E-state index is 12.7. The molecule has 2 aromatic carbocycles. The number of Topliss-reactive ketones (excluding diaryl/α,β-unsaturated/α-hetero) is 1. The number of carbonyl (C=O) groups is 1. The summed E-state index contributed by atoms with van der Waals surface area (Å²) in [6, 6.07) is 13.3. The van der Waals surface area contributed by atoms with E-state index >= 15 is 0 Å². The zero-order chi connectivity index (χ0) is 12.3. The Kier molecular flexibility index (Phi) is 3.69. The molecular weight excluding hydrogens is 283 g/mol. The zero-order valence-electron chi connectivity index (χ0n) is 8.99. The standard InChI is InChI=1S/C14H10BrFO/c15-13-4-2-1-3-12(13)14(17)9-10-5-7-11(16)8-6-10/h1-8H,9H2. The second kappa shape index (κ2) is 5.23. The molecule has 0 aliphatic heterocycles. The van der Waals surface area contributed by atoms with Gasteiger partial charge in [0.25, 0.3) is 0 Å². The second-order valence-electron chi connectivity index (χ2n) is 3.71. The molecule has 0 amide bonds. The highest BCUT2D eigenvalue weighted by Gasteiger charge is 2.09. The molecule has 0 unspecified atom stereocenters. The van der Waals surface area contributed by atoms with E-state index in [0.29, 0.717) is 5.56 Å². The molecule has 2 rings (SSSR count). The van der Waals surface area contributed by atoms with Gasteiger partial charge in [-0.15, -0.1) is 0 Å². The second-order valence-corrected chi connectivity index (χ2v) is 4.56. The van der Waals surface area contributed by atoms with Crippen LogP contribution >= 0.6 is 15.9 Å². The van der Waals surface area contributed by atoms with Crippen molar-refractivity contribution in [3.63, 3.8) is 0 Å². The topological polar surface area (TPSA) is 17.1 Å². The molecule has 0 saturated heterocycles. The predicted molar refractivity (Wildman–Crippen MR) is 68.6 cm³/mol. The van der Waals surface area contributed by atoms with Crippen molar-refractivity contribution in [2.45, 2.75) is 6.42 Å². The number of rotatable bonds is 3. The van der Waals surface area contributed by atoms with Crippen LogP contribution in [0.3, 0.4) is 0 Å². The molecule has 3 heteroatoms. The van der Waals surface area contributed by atoms with Crippen LogP contribution in [0.2, 0.25) is 0 Å². The van der Waals surface area contributed by atoms with Gasteiger partial charge in [-0.25, -0.2) is 4.39 Å². The normalized spacial score (nSPS) is 10.2. The monoisotopic (exact) mass is 292 g/mol. The molecule has 86 valence electrons. The van der Waals surface area contributed by atoms with E-state index in [2.05, 4.69) is 15.9 Å². The highest BCUT2D eigenvalue weighted by molar-refractivity contribution is 9.10. The molecule has 0 aromatic heterocycles. The molecule has 0 heterocycles. The summed E-state index contributed by atoms with van der Waals surface area (Å²) in [5, 5.41) is 0.